The molecule has 1 aromatic rings. The maximum atomic E-state index is 11.9. The highest BCUT2D eigenvalue weighted by Gasteiger charge is 2.04. The summed E-state index contributed by atoms with van der Waals surface area (Å²) in [6.07, 6.45) is 15.9. The van der Waals surface area contributed by atoms with Crippen LogP contribution in [0.5, 0.6) is 0 Å². The zero-order valence-electron chi connectivity index (χ0n) is 19.8. The minimum absolute atomic E-state index is 0.0478. The number of nitrogens with one attached hydrogen (secondary N) is 2. The SMILES string of the molecule is CCCCCCCCCCCCCC(=O)NCC(=O)NN=Cc1ccc(N(C)C)cc1. The molecule has 0 saturated heterocycles. The standard InChI is InChI=1S/C25H42N4O2/c1-4-5-6-7-8-9-10-11-12-13-14-15-24(30)26-21-25(31)28-27-20-22-16-18-23(19-17-22)29(2)3/h16-20H,4-15,21H2,1-3H3,(H,26,30)(H,28,31). The first-order chi connectivity index (χ1) is 15.0. The fourth-order valence-corrected chi connectivity index (χ4v) is 3.29. The van der Waals surface area contributed by atoms with Crippen LogP contribution < -0.4 is 15.6 Å². The largest absolute Gasteiger partial charge is 0.378 e. The Morgan fingerprint density at radius 2 is 1.39 bits per heavy atom. The molecule has 0 spiro atoms. The first-order valence-corrected chi connectivity index (χ1v) is 11.9. The number of carbonyl (C=O) groups excluding carboxylic acids is 2. The summed E-state index contributed by atoms with van der Waals surface area (Å²) < 4.78 is 0. The smallest absolute Gasteiger partial charge is 0.259 e. The lowest BCUT2D eigenvalue weighted by molar-refractivity contribution is -0.126. The predicted molar refractivity (Wildman–Crippen MR) is 131 cm³/mol. The molecule has 1 aromatic carbocycles. The van der Waals surface area contributed by atoms with Crippen molar-refractivity contribution in [2.45, 2.75) is 84.0 Å². The third-order valence-electron chi connectivity index (χ3n) is 5.27. The Kier molecular flexibility index (Phi) is 14.9. The lowest BCUT2D eigenvalue weighted by Gasteiger charge is -2.11. The Labute approximate surface area is 188 Å². The number of rotatable bonds is 17. The normalized spacial score (nSPS) is 10.9. The lowest BCUT2D eigenvalue weighted by Crippen LogP contribution is -2.34. The fraction of sp³-hybridized carbons (Fsp3) is 0.640. The van der Waals surface area contributed by atoms with Gasteiger partial charge in [0.2, 0.25) is 5.91 Å². The molecule has 0 atom stereocenters. The van der Waals surface area contributed by atoms with Gasteiger partial charge in [-0.3, -0.25) is 9.59 Å². The monoisotopic (exact) mass is 430 g/mol. The number of hydrogen-bond donors (Lipinski definition) is 2. The molecule has 0 aliphatic rings. The van der Waals surface area contributed by atoms with Gasteiger partial charge in [-0.2, -0.15) is 5.10 Å². The van der Waals surface area contributed by atoms with E-state index in [-0.39, 0.29) is 18.4 Å². The van der Waals surface area contributed by atoms with Gasteiger partial charge in [-0.15, -0.1) is 0 Å². The van der Waals surface area contributed by atoms with Crippen molar-refractivity contribution < 1.29 is 9.59 Å². The average Bonchev–Trinajstić information content (AvgIpc) is 2.76. The van der Waals surface area contributed by atoms with E-state index in [1.165, 1.54) is 57.8 Å². The van der Waals surface area contributed by atoms with E-state index in [9.17, 15) is 9.59 Å². The number of hydrogen-bond acceptors (Lipinski definition) is 4. The van der Waals surface area contributed by atoms with Gasteiger partial charge in [-0.05, 0) is 24.1 Å². The number of amides is 2. The van der Waals surface area contributed by atoms with Gasteiger partial charge in [-0.25, -0.2) is 5.43 Å². The number of benzene rings is 1. The molecule has 0 aliphatic carbocycles. The molecule has 0 bridgehead atoms. The average molecular weight is 431 g/mol. The molecule has 0 saturated carbocycles. The van der Waals surface area contributed by atoms with Crippen molar-refractivity contribution >= 4 is 23.7 Å². The third-order valence-corrected chi connectivity index (χ3v) is 5.27. The van der Waals surface area contributed by atoms with Crippen LogP contribution in [-0.4, -0.2) is 38.7 Å². The Balaban J connectivity index is 2.01. The van der Waals surface area contributed by atoms with Crippen molar-refractivity contribution in [1.82, 2.24) is 10.7 Å². The predicted octanol–water partition coefficient (Wildman–Crippen LogP) is 5.02. The molecule has 174 valence electrons. The molecule has 0 aromatic heterocycles. The van der Waals surface area contributed by atoms with Crippen molar-refractivity contribution in [3.05, 3.63) is 29.8 Å². The lowest BCUT2D eigenvalue weighted by atomic mass is 10.1. The van der Waals surface area contributed by atoms with Gasteiger partial charge < -0.3 is 10.2 Å². The second kappa shape index (κ2) is 17.3. The number of hydrazone groups is 1. The van der Waals surface area contributed by atoms with E-state index in [0.717, 1.165) is 24.1 Å². The molecule has 0 fully saturated rings. The first-order valence-electron chi connectivity index (χ1n) is 11.9. The van der Waals surface area contributed by atoms with E-state index in [1.807, 2.05) is 43.3 Å². The molecular formula is C25H42N4O2. The van der Waals surface area contributed by atoms with Crippen LogP contribution in [0.15, 0.2) is 29.4 Å². The highest BCUT2D eigenvalue weighted by Crippen LogP contribution is 2.12. The Morgan fingerprint density at radius 3 is 1.94 bits per heavy atom. The molecule has 1 rings (SSSR count). The molecule has 0 heterocycles. The van der Waals surface area contributed by atoms with Crippen LogP contribution in [0.3, 0.4) is 0 Å². The second-order valence-corrected chi connectivity index (χ2v) is 8.34. The van der Waals surface area contributed by atoms with Crippen molar-refractivity contribution in [3.63, 3.8) is 0 Å². The van der Waals surface area contributed by atoms with Crippen molar-refractivity contribution in [2.24, 2.45) is 5.10 Å². The Bertz CT molecular complexity index is 641. The molecular weight excluding hydrogens is 388 g/mol. The van der Waals surface area contributed by atoms with Crippen molar-refractivity contribution in [2.75, 3.05) is 25.5 Å². The van der Waals surface area contributed by atoms with Crippen LogP contribution in [0.4, 0.5) is 5.69 Å². The third kappa shape index (κ3) is 14.3. The van der Waals surface area contributed by atoms with Crippen molar-refractivity contribution in [1.29, 1.82) is 0 Å². The highest BCUT2D eigenvalue weighted by atomic mass is 16.2. The number of unbranched alkanes of at least 4 members (excludes halogenated alkanes) is 10. The summed E-state index contributed by atoms with van der Waals surface area (Å²) in [5.41, 5.74) is 4.43. The zero-order valence-corrected chi connectivity index (χ0v) is 19.8. The molecule has 31 heavy (non-hydrogen) atoms. The molecule has 6 heteroatoms. The van der Waals surface area contributed by atoms with Crippen molar-refractivity contribution in [3.8, 4) is 0 Å². The van der Waals surface area contributed by atoms with E-state index >= 15 is 0 Å². The van der Waals surface area contributed by atoms with Gasteiger partial charge in [0.1, 0.15) is 0 Å². The topological polar surface area (TPSA) is 73.8 Å². The van der Waals surface area contributed by atoms with Crippen LogP contribution in [0, 0.1) is 0 Å². The zero-order chi connectivity index (χ0) is 22.7. The van der Waals surface area contributed by atoms with Gasteiger partial charge in [-0.1, -0.05) is 83.3 Å². The van der Waals surface area contributed by atoms with E-state index < -0.39 is 0 Å². The molecule has 0 unspecified atom stereocenters. The van der Waals surface area contributed by atoms with Gasteiger partial charge in [0.15, 0.2) is 0 Å². The fourth-order valence-electron chi connectivity index (χ4n) is 3.29. The van der Waals surface area contributed by atoms with Gasteiger partial charge in [0, 0.05) is 26.2 Å². The van der Waals surface area contributed by atoms with Gasteiger partial charge in [0.05, 0.1) is 12.8 Å². The first kappa shape index (κ1) is 26.7. The second-order valence-electron chi connectivity index (χ2n) is 8.34. The summed E-state index contributed by atoms with van der Waals surface area (Å²) in [5.74, 6) is -0.400. The van der Waals surface area contributed by atoms with Gasteiger partial charge in [0.25, 0.3) is 5.91 Å². The Morgan fingerprint density at radius 1 is 0.839 bits per heavy atom. The van der Waals surface area contributed by atoms with Crippen LogP contribution in [0.25, 0.3) is 0 Å². The molecule has 2 amide bonds. The van der Waals surface area contributed by atoms with Crippen LogP contribution >= 0.6 is 0 Å². The van der Waals surface area contributed by atoms with E-state index in [2.05, 4.69) is 22.8 Å². The molecule has 0 radical (unpaired) electrons. The summed E-state index contributed by atoms with van der Waals surface area (Å²) in [7, 11) is 3.96. The number of carbonyl (C=O) groups is 2. The number of nitrogens with zero attached hydrogens (tertiary/aromatic N) is 2. The number of anilines is 1. The Hall–Kier alpha value is -2.37. The summed E-state index contributed by atoms with van der Waals surface area (Å²) >= 11 is 0. The minimum atomic E-state index is -0.326. The summed E-state index contributed by atoms with van der Waals surface area (Å²) in [6.45, 7) is 2.20. The molecule has 2 N–H and O–H groups in total. The van der Waals surface area contributed by atoms with Gasteiger partial charge >= 0.3 is 0 Å². The van der Waals surface area contributed by atoms with Crippen LogP contribution in [0.1, 0.15) is 89.5 Å². The van der Waals surface area contributed by atoms with E-state index in [4.69, 9.17) is 0 Å². The minimum Gasteiger partial charge on any atom is -0.378 e. The maximum absolute atomic E-state index is 11.9. The van der Waals surface area contributed by atoms with E-state index in [0.29, 0.717) is 6.42 Å². The quantitative estimate of drug-likeness (QED) is 0.207. The summed E-state index contributed by atoms with van der Waals surface area (Å²) in [5, 5.41) is 6.59. The summed E-state index contributed by atoms with van der Waals surface area (Å²) in [4.78, 5) is 25.7. The maximum Gasteiger partial charge on any atom is 0.259 e. The summed E-state index contributed by atoms with van der Waals surface area (Å²) in [6, 6.07) is 7.83. The van der Waals surface area contributed by atoms with Crippen LogP contribution in [-0.2, 0) is 9.59 Å². The molecule has 6 nitrogen and oxygen atoms in total. The highest BCUT2D eigenvalue weighted by molar-refractivity contribution is 5.86. The molecule has 0 aliphatic heterocycles. The van der Waals surface area contributed by atoms with E-state index in [1.54, 1.807) is 6.21 Å². The van der Waals surface area contributed by atoms with Crippen LogP contribution in [0.2, 0.25) is 0 Å².